The molecule has 1 unspecified atom stereocenters. The van der Waals surface area contributed by atoms with Gasteiger partial charge in [-0.3, -0.25) is 0 Å². The molecule has 0 heterocycles. The summed E-state index contributed by atoms with van der Waals surface area (Å²) >= 11 is 0. The van der Waals surface area contributed by atoms with Gasteiger partial charge in [-0.15, -0.1) is 0 Å². The van der Waals surface area contributed by atoms with Crippen LogP contribution in [-0.4, -0.2) is 37.5 Å². The SMILES string of the molecule is COCC(CO)NC1Cc2ccccc2C1. The van der Waals surface area contributed by atoms with Gasteiger partial charge >= 0.3 is 0 Å². The van der Waals surface area contributed by atoms with Crippen molar-refractivity contribution < 1.29 is 9.84 Å². The molecule has 1 aliphatic carbocycles. The van der Waals surface area contributed by atoms with Gasteiger partial charge in [0.1, 0.15) is 0 Å². The Morgan fingerprint density at radius 2 is 2.00 bits per heavy atom. The van der Waals surface area contributed by atoms with Crippen LogP contribution in [0.5, 0.6) is 0 Å². The zero-order valence-corrected chi connectivity index (χ0v) is 9.65. The standard InChI is InChI=1S/C13H19NO2/c1-16-9-13(8-15)14-12-6-10-4-2-3-5-11(10)7-12/h2-5,12-15H,6-9H2,1H3. The van der Waals surface area contributed by atoms with Crippen LogP contribution >= 0.6 is 0 Å². The molecule has 0 radical (unpaired) electrons. The molecular formula is C13H19NO2. The van der Waals surface area contributed by atoms with E-state index in [9.17, 15) is 5.11 Å². The van der Waals surface area contributed by atoms with Gasteiger partial charge in [-0.2, -0.15) is 0 Å². The van der Waals surface area contributed by atoms with Gasteiger partial charge in [0.05, 0.1) is 19.3 Å². The van der Waals surface area contributed by atoms with Gasteiger partial charge in [-0.25, -0.2) is 0 Å². The number of hydrogen-bond acceptors (Lipinski definition) is 3. The molecule has 0 amide bonds. The monoisotopic (exact) mass is 221 g/mol. The normalized spacial score (nSPS) is 17.4. The maximum atomic E-state index is 9.19. The van der Waals surface area contributed by atoms with Crippen molar-refractivity contribution in [3.63, 3.8) is 0 Å². The minimum atomic E-state index is 0.0457. The Labute approximate surface area is 96.4 Å². The first-order valence-electron chi connectivity index (χ1n) is 5.76. The molecule has 0 aliphatic heterocycles. The molecule has 0 spiro atoms. The third-order valence-electron chi connectivity index (χ3n) is 3.11. The molecule has 0 saturated carbocycles. The molecule has 1 aromatic rings. The van der Waals surface area contributed by atoms with E-state index in [1.54, 1.807) is 7.11 Å². The highest BCUT2D eigenvalue weighted by atomic mass is 16.5. The molecule has 0 aromatic heterocycles. The Bertz CT molecular complexity index is 315. The van der Waals surface area contributed by atoms with E-state index in [2.05, 4.69) is 29.6 Å². The van der Waals surface area contributed by atoms with E-state index < -0.39 is 0 Å². The molecule has 3 heteroatoms. The van der Waals surface area contributed by atoms with Crippen molar-refractivity contribution >= 4 is 0 Å². The van der Waals surface area contributed by atoms with Crippen LogP contribution in [0.25, 0.3) is 0 Å². The molecule has 3 nitrogen and oxygen atoms in total. The van der Waals surface area contributed by atoms with Crippen molar-refractivity contribution in [2.75, 3.05) is 20.3 Å². The highest BCUT2D eigenvalue weighted by Crippen LogP contribution is 2.21. The smallest absolute Gasteiger partial charge is 0.0638 e. The Hall–Kier alpha value is -0.900. The second kappa shape index (κ2) is 5.43. The van der Waals surface area contributed by atoms with Crippen LogP contribution in [0.3, 0.4) is 0 Å². The molecule has 1 aromatic carbocycles. The molecule has 2 N–H and O–H groups in total. The van der Waals surface area contributed by atoms with E-state index in [1.165, 1.54) is 11.1 Å². The Morgan fingerprint density at radius 1 is 1.38 bits per heavy atom. The maximum Gasteiger partial charge on any atom is 0.0638 e. The lowest BCUT2D eigenvalue weighted by atomic mass is 10.1. The summed E-state index contributed by atoms with van der Waals surface area (Å²) < 4.78 is 5.06. The zero-order chi connectivity index (χ0) is 11.4. The zero-order valence-electron chi connectivity index (χ0n) is 9.65. The van der Waals surface area contributed by atoms with Crippen LogP contribution in [0.1, 0.15) is 11.1 Å². The van der Waals surface area contributed by atoms with Crippen LogP contribution < -0.4 is 5.32 Å². The van der Waals surface area contributed by atoms with E-state index >= 15 is 0 Å². The lowest BCUT2D eigenvalue weighted by molar-refractivity contribution is 0.122. The molecule has 1 aliphatic rings. The van der Waals surface area contributed by atoms with Gasteiger partial charge < -0.3 is 15.2 Å². The van der Waals surface area contributed by atoms with Crippen molar-refractivity contribution in [2.45, 2.75) is 24.9 Å². The molecule has 0 saturated heterocycles. The largest absolute Gasteiger partial charge is 0.395 e. The lowest BCUT2D eigenvalue weighted by Gasteiger charge is -2.20. The lowest BCUT2D eigenvalue weighted by Crippen LogP contribution is -2.43. The predicted octanol–water partition coefficient (Wildman–Crippen LogP) is 0.751. The minimum Gasteiger partial charge on any atom is -0.395 e. The highest BCUT2D eigenvalue weighted by Gasteiger charge is 2.22. The molecule has 88 valence electrons. The summed E-state index contributed by atoms with van der Waals surface area (Å²) in [6.07, 6.45) is 2.10. The third-order valence-corrected chi connectivity index (χ3v) is 3.11. The van der Waals surface area contributed by atoms with E-state index in [0.29, 0.717) is 12.6 Å². The molecule has 2 rings (SSSR count). The third kappa shape index (κ3) is 2.61. The number of aliphatic hydroxyl groups excluding tert-OH is 1. The van der Waals surface area contributed by atoms with Crippen LogP contribution in [0, 0.1) is 0 Å². The van der Waals surface area contributed by atoms with Crippen molar-refractivity contribution in [1.29, 1.82) is 0 Å². The fourth-order valence-corrected chi connectivity index (χ4v) is 2.36. The number of nitrogens with one attached hydrogen (secondary N) is 1. The predicted molar refractivity (Wildman–Crippen MR) is 63.5 cm³/mol. The quantitative estimate of drug-likeness (QED) is 0.771. The van der Waals surface area contributed by atoms with Crippen molar-refractivity contribution in [3.05, 3.63) is 35.4 Å². The molecular weight excluding hydrogens is 202 g/mol. The number of methoxy groups -OCH3 is 1. The van der Waals surface area contributed by atoms with E-state index in [1.807, 2.05) is 0 Å². The first-order valence-corrected chi connectivity index (χ1v) is 5.76. The fourth-order valence-electron chi connectivity index (χ4n) is 2.36. The molecule has 0 bridgehead atoms. The van der Waals surface area contributed by atoms with Gasteiger partial charge in [0, 0.05) is 13.2 Å². The fraction of sp³-hybridized carbons (Fsp3) is 0.538. The Morgan fingerprint density at radius 3 is 2.50 bits per heavy atom. The first kappa shape index (κ1) is 11.6. The highest BCUT2D eigenvalue weighted by molar-refractivity contribution is 5.33. The summed E-state index contributed by atoms with van der Waals surface area (Å²) in [5.74, 6) is 0. The summed E-state index contributed by atoms with van der Waals surface area (Å²) in [4.78, 5) is 0. The first-order chi connectivity index (χ1) is 7.83. The van der Waals surface area contributed by atoms with Crippen LogP contribution in [0.2, 0.25) is 0 Å². The second-order valence-corrected chi connectivity index (χ2v) is 4.38. The minimum absolute atomic E-state index is 0.0457. The van der Waals surface area contributed by atoms with Crippen LogP contribution in [0.4, 0.5) is 0 Å². The number of fused-ring (bicyclic) bond motifs is 1. The van der Waals surface area contributed by atoms with E-state index in [-0.39, 0.29) is 12.6 Å². The number of benzene rings is 1. The van der Waals surface area contributed by atoms with Gasteiger partial charge in [0.25, 0.3) is 0 Å². The average molecular weight is 221 g/mol. The summed E-state index contributed by atoms with van der Waals surface area (Å²) in [6.45, 7) is 0.685. The number of hydrogen-bond donors (Lipinski definition) is 2. The Balaban J connectivity index is 1.91. The Kier molecular flexibility index (Phi) is 3.93. The summed E-state index contributed by atoms with van der Waals surface area (Å²) in [5.41, 5.74) is 2.85. The maximum absolute atomic E-state index is 9.19. The number of aliphatic hydroxyl groups is 1. The van der Waals surface area contributed by atoms with Gasteiger partial charge in [-0.05, 0) is 24.0 Å². The topological polar surface area (TPSA) is 41.5 Å². The average Bonchev–Trinajstić information content (AvgIpc) is 2.70. The molecule has 1 atom stereocenters. The number of rotatable bonds is 5. The molecule has 16 heavy (non-hydrogen) atoms. The van der Waals surface area contributed by atoms with Gasteiger partial charge in [0.15, 0.2) is 0 Å². The van der Waals surface area contributed by atoms with Crippen LogP contribution in [0.15, 0.2) is 24.3 Å². The van der Waals surface area contributed by atoms with Crippen molar-refractivity contribution in [1.82, 2.24) is 5.32 Å². The van der Waals surface area contributed by atoms with Gasteiger partial charge in [-0.1, -0.05) is 24.3 Å². The van der Waals surface area contributed by atoms with Gasteiger partial charge in [0.2, 0.25) is 0 Å². The number of ether oxygens (including phenoxy) is 1. The van der Waals surface area contributed by atoms with Crippen molar-refractivity contribution in [3.8, 4) is 0 Å². The summed E-state index contributed by atoms with van der Waals surface area (Å²) in [5, 5.41) is 12.6. The van der Waals surface area contributed by atoms with E-state index in [0.717, 1.165) is 12.8 Å². The van der Waals surface area contributed by atoms with Crippen LogP contribution in [-0.2, 0) is 17.6 Å². The summed E-state index contributed by atoms with van der Waals surface area (Å²) in [6, 6.07) is 9.01. The molecule has 0 fully saturated rings. The van der Waals surface area contributed by atoms with Crippen molar-refractivity contribution in [2.24, 2.45) is 0 Å². The van der Waals surface area contributed by atoms with E-state index in [4.69, 9.17) is 4.74 Å². The second-order valence-electron chi connectivity index (χ2n) is 4.38. The summed E-state index contributed by atoms with van der Waals surface area (Å²) in [7, 11) is 1.66.